The number of nitrogen functional groups attached to an aromatic ring is 1. The second-order valence-electron chi connectivity index (χ2n) is 5.69. The Hall–Kier alpha value is -1.70. The zero-order valence-electron chi connectivity index (χ0n) is 13.2. The number of aromatic nitrogens is 4. The van der Waals surface area contributed by atoms with Crippen molar-refractivity contribution in [2.75, 3.05) is 18.9 Å². The lowest BCUT2D eigenvalue weighted by Gasteiger charge is -2.20. The van der Waals surface area contributed by atoms with Crippen LogP contribution >= 0.6 is 7.60 Å². The predicted octanol–water partition coefficient (Wildman–Crippen LogP) is -2.46. The molecule has 1 fully saturated rings. The number of aliphatic hydroxyl groups is 3. The van der Waals surface area contributed by atoms with E-state index in [-0.39, 0.29) is 11.5 Å². The number of nitrogens with two attached hydrogens (primary N) is 1. The number of aliphatic hydroxyl groups excluding tert-OH is 3. The normalized spacial score (nSPS) is 27.9. The van der Waals surface area contributed by atoms with Crippen molar-refractivity contribution < 1.29 is 39.1 Å². The quantitative estimate of drug-likeness (QED) is 0.284. The maximum atomic E-state index is 11.2. The van der Waals surface area contributed by atoms with Crippen molar-refractivity contribution >= 4 is 24.6 Å². The summed E-state index contributed by atoms with van der Waals surface area (Å²) in [6.07, 6.45) is -2.47. The van der Waals surface area contributed by atoms with Gasteiger partial charge in [-0.05, 0) is 0 Å². The highest BCUT2D eigenvalue weighted by Crippen LogP contribution is 2.42. The molecule has 0 saturated carbocycles. The van der Waals surface area contributed by atoms with Gasteiger partial charge in [0.05, 0.1) is 19.5 Å². The van der Waals surface area contributed by atoms with Crippen molar-refractivity contribution in [1.82, 2.24) is 19.5 Å². The minimum atomic E-state index is -4.69. The Kier molecular flexibility index (Phi) is 5.23. The molecule has 0 aliphatic carbocycles. The van der Waals surface area contributed by atoms with Gasteiger partial charge in [0.15, 0.2) is 23.5 Å². The van der Waals surface area contributed by atoms with Crippen LogP contribution in [0.2, 0.25) is 0 Å². The summed E-state index contributed by atoms with van der Waals surface area (Å²) in [5.74, 6) is -1.62. The van der Waals surface area contributed by atoms with E-state index in [4.69, 9.17) is 30.1 Å². The molecule has 2 aromatic heterocycles. The molecule has 144 valence electrons. The number of anilines is 1. The fourth-order valence-corrected chi connectivity index (χ4v) is 3.11. The molecular weight excluding hydrogens is 373 g/mol. The average Bonchev–Trinajstić information content (AvgIpc) is 3.11. The molecule has 0 radical (unpaired) electrons. The molecule has 5 atom stereocenters. The molecule has 0 unspecified atom stereocenters. The molecule has 0 aromatic carbocycles. The van der Waals surface area contributed by atoms with Gasteiger partial charge in [0.2, 0.25) is 0 Å². The van der Waals surface area contributed by atoms with E-state index < -0.39 is 51.2 Å². The average molecular weight is 391 g/mol. The first kappa shape index (κ1) is 19.1. The van der Waals surface area contributed by atoms with Crippen LogP contribution < -0.4 is 5.73 Å². The van der Waals surface area contributed by atoms with Crippen molar-refractivity contribution in [3.63, 3.8) is 0 Å². The standard InChI is InChI=1S/C12H18N5O8P/c13-10-7-11(15-3-14-10)17(4-16-7)12-9(20)8(19)5(25-12)2-24-6(1-18)26(21,22)23/h3-6,8-9,12,18-20H,1-2H2,(H2,13,14,15)(H2,21,22,23)/t5-,6+,8-,9-,12-/m1/s1. The minimum absolute atomic E-state index is 0.133. The van der Waals surface area contributed by atoms with E-state index in [1.807, 2.05) is 0 Å². The van der Waals surface area contributed by atoms with E-state index in [0.29, 0.717) is 5.52 Å². The van der Waals surface area contributed by atoms with Gasteiger partial charge < -0.3 is 40.3 Å². The van der Waals surface area contributed by atoms with Gasteiger partial charge in [0.25, 0.3) is 0 Å². The highest BCUT2D eigenvalue weighted by molar-refractivity contribution is 7.52. The molecule has 1 saturated heterocycles. The predicted molar refractivity (Wildman–Crippen MR) is 84.5 cm³/mol. The lowest BCUT2D eigenvalue weighted by molar-refractivity contribution is -0.0775. The zero-order chi connectivity index (χ0) is 19.1. The maximum Gasteiger partial charge on any atom is 0.356 e. The van der Waals surface area contributed by atoms with E-state index in [1.165, 1.54) is 17.2 Å². The smallest absolute Gasteiger partial charge is 0.356 e. The van der Waals surface area contributed by atoms with Crippen LogP contribution in [0.4, 0.5) is 5.82 Å². The van der Waals surface area contributed by atoms with Crippen LogP contribution in [0.1, 0.15) is 6.23 Å². The van der Waals surface area contributed by atoms with Crippen LogP contribution in [0, 0.1) is 0 Å². The number of imidazole rings is 1. The van der Waals surface area contributed by atoms with Gasteiger partial charge in [-0.3, -0.25) is 9.13 Å². The third-order valence-corrected chi connectivity index (χ3v) is 5.05. The highest BCUT2D eigenvalue weighted by atomic mass is 31.2. The SMILES string of the molecule is Nc1ncnc2c1ncn2[C@@H]1O[C@H](CO[C@H](CO)P(=O)(O)O)[C@@H](O)[C@H]1O. The van der Waals surface area contributed by atoms with Crippen molar-refractivity contribution in [1.29, 1.82) is 0 Å². The van der Waals surface area contributed by atoms with Gasteiger partial charge in [-0.2, -0.15) is 0 Å². The van der Waals surface area contributed by atoms with Gasteiger partial charge >= 0.3 is 7.60 Å². The molecule has 0 amide bonds. The number of fused-ring (bicyclic) bond motifs is 1. The second kappa shape index (κ2) is 7.13. The Morgan fingerprint density at radius 2 is 2.04 bits per heavy atom. The van der Waals surface area contributed by atoms with Gasteiger partial charge in [0, 0.05) is 0 Å². The molecule has 1 aliphatic heterocycles. The van der Waals surface area contributed by atoms with Gasteiger partial charge in [-0.15, -0.1) is 0 Å². The van der Waals surface area contributed by atoms with Crippen LogP contribution in [-0.2, 0) is 14.0 Å². The van der Waals surface area contributed by atoms with E-state index in [0.717, 1.165) is 0 Å². The number of ether oxygens (including phenoxy) is 2. The molecule has 2 aromatic rings. The Bertz CT molecular complexity index is 827. The lowest BCUT2D eigenvalue weighted by atomic mass is 10.1. The van der Waals surface area contributed by atoms with Crippen molar-refractivity contribution in [3.05, 3.63) is 12.7 Å². The fraction of sp³-hybridized carbons (Fsp3) is 0.583. The molecule has 0 spiro atoms. The molecule has 3 rings (SSSR count). The van der Waals surface area contributed by atoms with Crippen LogP contribution in [0.15, 0.2) is 12.7 Å². The van der Waals surface area contributed by atoms with Crippen molar-refractivity contribution in [2.24, 2.45) is 0 Å². The van der Waals surface area contributed by atoms with Crippen LogP contribution in [0.5, 0.6) is 0 Å². The Morgan fingerprint density at radius 1 is 1.31 bits per heavy atom. The first-order chi connectivity index (χ1) is 12.2. The van der Waals surface area contributed by atoms with E-state index in [1.54, 1.807) is 0 Å². The van der Waals surface area contributed by atoms with Gasteiger partial charge in [-0.1, -0.05) is 0 Å². The summed E-state index contributed by atoms with van der Waals surface area (Å²) in [5.41, 5.74) is 6.27. The number of nitrogens with zero attached hydrogens (tertiary/aromatic N) is 4. The summed E-state index contributed by atoms with van der Waals surface area (Å²) < 4.78 is 23.0. The van der Waals surface area contributed by atoms with E-state index in [9.17, 15) is 14.8 Å². The zero-order valence-corrected chi connectivity index (χ0v) is 14.1. The van der Waals surface area contributed by atoms with Crippen LogP contribution in [0.3, 0.4) is 0 Å². The number of hydrogen-bond donors (Lipinski definition) is 6. The van der Waals surface area contributed by atoms with Gasteiger partial charge in [-0.25, -0.2) is 15.0 Å². The third kappa shape index (κ3) is 3.43. The monoisotopic (exact) mass is 391 g/mol. The van der Waals surface area contributed by atoms with Gasteiger partial charge in [0.1, 0.15) is 30.2 Å². The molecule has 26 heavy (non-hydrogen) atoms. The first-order valence-electron chi connectivity index (χ1n) is 7.46. The first-order valence-corrected chi connectivity index (χ1v) is 9.14. The molecule has 14 heteroatoms. The molecular formula is C12H18N5O8P. The van der Waals surface area contributed by atoms with E-state index >= 15 is 0 Å². The Morgan fingerprint density at radius 3 is 2.69 bits per heavy atom. The number of rotatable bonds is 6. The summed E-state index contributed by atoms with van der Waals surface area (Å²) in [6, 6.07) is 0. The van der Waals surface area contributed by atoms with Crippen molar-refractivity contribution in [2.45, 2.75) is 30.4 Å². The maximum absolute atomic E-state index is 11.2. The summed E-state index contributed by atoms with van der Waals surface area (Å²) in [6.45, 7) is -1.38. The molecule has 13 nitrogen and oxygen atoms in total. The molecule has 3 heterocycles. The summed E-state index contributed by atoms with van der Waals surface area (Å²) in [7, 11) is -4.69. The minimum Gasteiger partial charge on any atom is -0.393 e. The Balaban J connectivity index is 1.77. The molecule has 1 aliphatic rings. The Labute approximate surface area is 146 Å². The number of hydrogen-bond acceptors (Lipinski definition) is 10. The fourth-order valence-electron chi connectivity index (χ4n) is 2.62. The van der Waals surface area contributed by atoms with Crippen molar-refractivity contribution in [3.8, 4) is 0 Å². The largest absolute Gasteiger partial charge is 0.393 e. The highest BCUT2D eigenvalue weighted by Gasteiger charge is 2.45. The molecule has 7 N–H and O–H groups in total. The van der Waals surface area contributed by atoms with Crippen LogP contribution in [0.25, 0.3) is 11.2 Å². The van der Waals surface area contributed by atoms with E-state index in [2.05, 4.69) is 15.0 Å². The second-order valence-corrected chi connectivity index (χ2v) is 7.44. The molecule has 0 bridgehead atoms. The topological polar surface area (TPSA) is 206 Å². The summed E-state index contributed by atoms with van der Waals surface area (Å²) in [4.78, 5) is 30.0. The lowest BCUT2D eigenvalue weighted by Crippen LogP contribution is -2.35. The summed E-state index contributed by atoms with van der Waals surface area (Å²) >= 11 is 0. The third-order valence-electron chi connectivity index (χ3n) is 3.98. The summed E-state index contributed by atoms with van der Waals surface area (Å²) in [5, 5.41) is 29.4. The van der Waals surface area contributed by atoms with Crippen LogP contribution in [-0.4, -0.2) is 82.0 Å².